The summed E-state index contributed by atoms with van der Waals surface area (Å²) < 4.78 is 5.57. The van der Waals surface area contributed by atoms with Crippen molar-refractivity contribution in [3.05, 3.63) is 68.7 Å². The Hall–Kier alpha value is -2.61. The van der Waals surface area contributed by atoms with E-state index in [1.807, 2.05) is 0 Å². The van der Waals surface area contributed by atoms with Crippen LogP contribution in [-0.4, -0.2) is 17.6 Å². The number of hydrogen-bond acceptors (Lipinski definition) is 5. The normalized spacial score (nSPS) is 10.5. The van der Waals surface area contributed by atoms with Gasteiger partial charge in [0.2, 0.25) is 5.91 Å². The second-order valence-corrected chi connectivity index (χ2v) is 7.85. The van der Waals surface area contributed by atoms with Crippen LogP contribution in [0.3, 0.4) is 0 Å². The van der Waals surface area contributed by atoms with Crippen LogP contribution in [0, 0.1) is 0 Å². The molecule has 3 rings (SSSR count). The molecule has 0 saturated heterocycles. The zero-order valence-corrected chi connectivity index (χ0v) is 16.7. The fourth-order valence-corrected chi connectivity index (χ4v) is 3.53. The summed E-state index contributed by atoms with van der Waals surface area (Å²) in [5.74, 6) is -0.883. The van der Waals surface area contributed by atoms with Gasteiger partial charge in [-0.15, -0.1) is 11.3 Å². The standard InChI is InChI=1S/C19H14Cl2N2O4S/c20-11-3-4-12(13(10-11)23-19(26)15-2-1-9-27-15)22-18(25)8-5-14(24)16-6-7-17(21)28-16/h1-4,6-7,9-10H,5,8H2,(H,22,25)(H,23,26). The summed E-state index contributed by atoms with van der Waals surface area (Å²) in [4.78, 5) is 37.0. The first kappa shape index (κ1) is 20.1. The molecule has 144 valence electrons. The van der Waals surface area contributed by atoms with Gasteiger partial charge in [0.05, 0.1) is 26.9 Å². The zero-order chi connectivity index (χ0) is 20.1. The van der Waals surface area contributed by atoms with Gasteiger partial charge in [0, 0.05) is 17.9 Å². The predicted molar refractivity (Wildman–Crippen MR) is 110 cm³/mol. The highest BCUT2D eigenvalue weighted by Gasteiger charge is 2.15. The van der Waals surface area contributed by atoms with Crippen molar-refractivity contribution in [2.24, 2.45) is 0 Å². The van der Waals surface area contributed by atoms with Gasteiger partial charge in [-0.1, -0.05) is 23.2 Å². The molecule has 0 aliphatic rings. The van der Waals surface area contributed by atoms with Gasteiger partial charge in [-0.25, -0.2) is 0 Å². The number of amides is 2. The highest BCUT2D eigenvalue weighted by atomic mass is 35.5. The van der Waals surface area contributed by atoms with Crippen molar-refractivity contribution in [1.82, 2.24) is 0 Å². The Bertz CT molecular complexity index is 1010. The molecule has 6 nitrogen and oxygen atoms in total. The largest absolute Gasteiger partial charge is 0.459 e. The first-order chi connectivity index (χ1) is 13.4. The lowest BCUT2D eigenvalue weighted by Crippen LogP contribution is -2.17. The molecule has 2 heterocycles. The molecule has 0 saturated carbocycles. The SMILES string of the molecule is O=C(CCC(=O)c1ccc(Cl)s1)Nc1ccc(Cl)cc1NC(=O)c1ccco1. The van der Waals surface area contributed by atoms with E-state index in [2.05, 4.69) is 10.6 Å². The third-order valence-electron chi connectivity index (χ3n) is 3.68. The van der Waals surface area contributed by atoms with Gasteiger partial charge in [-0.05, 0) is 42.5 Å². The van der Waals surface area contributed by atoms with Crippen molar-refractivity contribution < 1.29 is 18.8 Å². The summed E-state index contributed by atoms with van der Waals surface area (Å²) in [7, 11) is 0. The Morgan fingerprint density at radius 2 is 1.79 bits per heavy atom. The summed E-state index contributed by atoms with van der Waals surface area (Å²) in [5, 5.41) is 5.71. The number of furan rings is 1. The molecule has 9 heteroatoms. The number of ketones is 1. The summed E-state index contributed by atoms with van der Waals surface area (Å²) >= 11 is 13.0. The van der Waals surface area contributed by atoms with Crippen molar-refractivity contribution in [2.45, 2.75) is 12.8 Å². The van der Waals surface area contributed by atoms with Gasteiger partial charge < -0.3 is 15.1 Å². The first-order valence-electron chi connectivity index (χ1n) is 8.15. The van der Waals surface area contributed by atoms with Crippen LogP contribution in [0.5, 0.6) is 0 Å². The number of carbonyl (C=O) groups is 3. The van der Waals surface area contributed by atoms with E-state index in [1.54, 1.807) is 30.3 Å². The van der Waals surface area contributed by atoms with Crippen LogP contribution < -0.4 is 10.6 Å². The van der Waals surface area contributed by atoms with Crippen molar-refractivity contribution >= 4 is 63.5 Å². The Morgan fingerprint density at radius 1 is 0.964 bits per heavy atom. The van der Waals surface area contributed by atoms with E-state index in [9.17, 15) is 14.4 Å². The number of rotatable bonds is 7. The fourth-order valence-electron chi connectivity index (χ4n) is 2.35. The Balaban J connectivity index is 1.63. The number of thiophene rings is 1. The third-order valence-corrected chi connectivity index (χ3v) is 5.18. The molecule has 0 aliphatic heterocycles. The number of benzene rings is 1. The smallest absolute Gasteiger partial charge is 0.291 e. The van der Waals surface area contributed by atoms with E-state index in [1.165, 1.54) is 29.7 Å². The summed E-state index contributed by atoms with van der Waals surface area (Å²) in [6.45, 7) is 0. The zero-order valence-electron chi connectivity index (χ0n) is 14.3. The van der Waals surface area contributed by atoms with Crippen LogP contribution in [0.2, 0.25) is 9.36 Å². The maximum atomic E-state index is 12.3. The molecule has 2 N–H and O–H groups in total. The number of Topliss-reactive ketones (excluding diaryl/α,β-unsaturated/α-hetero) is 1. The minimum atomic E-state index is -0.479. The lowest BCUT2D eigenvalue weighted by atomic mass is 10.2. The van der Waals surface area contributed by atoms with Crippen LogP contribution in [0.1, 0.15) is 33.1 Å². The van der Waals surface area contributed by atoms with Gasteiger partial charge in [-0.2, -0.15) is 0 Å². The van der Waals surface area contributed by atoms with Crippen LogP contribution in [0.15, 0.2) is 53.1 Å². The highest BCUT2D eigenvalue weighted by molar-refractivity contribution is 7.18. The number of carbonyl (C=O) groups excluding carboxylic acids is 3. The van der Waals surface area contributed by atoms with E-state index in [0.29, 0.717) is 25.6 Å². The topological polar surface area (TPSA) is 88.4 Å². The molecule has 2 aromatic heterocycles. The minimum absolute atomic E-state index is 0.0114. The maximum absolute atomic E-state index is 12.3. The molecule has 0 aliphatic carbocycles. The molecule has 28 heavy (non-hydrogen) atoms. The molecule has 0 bridgehead atoms. The lowest BCUT2D eigenvalue weighted by molar-refractivity contribution is -0.116. The average Bonchev–Trinajstić information content (AvgIpc) is 3.34. The highest BCUT2D eigenvalue weighted by Crippen LogP contribution is 2.27. The number of hydrogen-bond donors (Lipinski definition) is 2. The van der Waals surface area contributed by atoms with Gasteiger partial charge in [-0.3, -0.25) is 14.4 Å². The molecule has 0 radical (unpaired) electrons. The van der Waals surface area contributed by atoms with Crippen molar-refractivity contribution in [1.29, 1.82) is 0 Å². The Kier molecular flexibility index (Phi) is 6.51. The molecule has 0 atom stereocenters. The molecule has 0 spiro atoms. The van der Waals surface area contributed by atoms with Gasteiger partial charge in [0.25, 0.3) is 5.91 Å². The van der Waals surface area contributed by atoms with E-state index < -0.39 is 5.91 Å². The van der Waals surface area contributed by atoms with E-state index >= 15 is 0 Å². The van der Waals surface area contributed by atoms with Crippen molar-refractivity contribution in [2.75, 3.05) is 10.6 Å². The van der Waals surface area contributed by atoms with Gasteiger partial charge in [0.15, 0.2) is 11.5 Å². The van der Waals surface area contributed by atoms with E-state index in [4.69, 9.17) is 27.6 Å². The minimum Gasteiger partial charge on any atom is -0.459 e. The monoisotopic (exact) mass is 436 g/mol. The third kappa shape index (κ3) is 5.22. The molecule has 0 fully saturated rings. The van der Waals surface area contributed by atoms with Crippen LogP contribution in [0.25, 0.3) is 0 Å². The second kappa shape index (κ2) is 9.05. The van der Waals surface area contributed by atoms with Crippen molar-refractivity contribution in [3.8, 4) is 0 Å². The van der Waals surface area contributed by atoms with Gasteiger partial charge in [0.1, 0.15) is 0 Å². The maximum Gasteiger partial charge on any atom is 0.291 e. The quantitative estimate of drug-likeness (QED) is 0.478. The van der Waals surface area contributed by atoms with E-state index in [0.717, 1.165) is 0 Å². The van der Waals surface area contributed by atoms with Crippen LogP contribution in [0.4, 0.5) is 11.4 Å². The predicted octanol–water partition coefficient (Wildman–Crippen LogP) is 5.50. The molecular formula is C19H14Cl2N2O4S. The fraction of sp³-hybridized carbons (Fsp3) is 0.105. The number of anilines is 2. The molecule has 3 aromatic rings. The Labute approximate surface area is 174 Å². The van der Waals surface area contributed by atoms with E-state index in [-0.39, 0.29) is 30.3 Å². The number of nitrogens with one attached hydrogen (secondary N) is 2. The summed E-state index contributed by atoms with van der Waals surface area (Å²) in [6, 6.07) is 11.0. The Morgan fingerprint density at radius 3 is 2.46 bits per heavy atom. The van der Waals surface area contributed by atoms with Crippen LogP contribution >= 0.6 is 34.5 Å². The number of halogens is 2. The van der Waals surface area contributed by atoms with Gasteiger partial charge >= 0.3 is 0 Å². The lowest BCUT2D eigenvalue weighted by Gasteiger charge is -2.12. The molecule has 2 amide bonds. The molecular weight excluding hydrogens is 423 g/mol. The molecule has 0 unspecified atom stereocenters. The summed E-state index contributed by atoms with van der Waals surface area (Å²) in [6.07, 6.45) is 1.42. The second-order valence-electron chi connectivity index (χ2n) is 5.70. The molecule has 1 aromatic carbocycles. The first-order valence-corrected chi connectivity index (χ1v) is 9.72. The van der Waals surface area contributed by atoms with Crippen molar-refractivity contribution in [3.63, 3.8) is 0 Å². The average molecular weight is 437 g/mol. The summed E-state index contributed by atoms with van der Waals surface area (Å²) in [5.41, 5.74) is 0.680. The van der Waals surface area contributed by atoms with Crippen LogP contribution in [-0.2, 0) is 4.79 Å².